The Bertz CT molecular complexity index is 1940. The van der Waals surface area contributed by atoms with Crippen molar-refractivity contribution in [3.05, 3.63) is 37.5 Å². The van der Waals surface area contributed by atoms with Crippen LogP contribution in [0.3, 0.4) is 0 Å². The zero-order valence-corrected chi connectivity index (χ0v) is 27.9. The topological polar surface area (TPSA) is 206 Å². The molecule has 4 aromatic rings. The molecule has 258 valence electrons. The number of fused-ring (bicyclic) bond motifs is 6. The molecule has 3 aliphatic heterocycles. The SMILES string of the molecule is O=P(O)(S)OC[C@H]1OC2[C@H](F)[C@@H]1O[P@](=O)(S)OCC1C[C@@H](F)C(O1)n1cnc3c(ncnc31)OC/C=C/COc1ncnc3c1ncn32. The van der Waals surface area contributed by atoms with Gasteiger partial charge in [0, 0.05) is 6.42 Å². The number of rotatable bonds is 3. The van der Waals surface area contributed by atoms with Crippen molar-refractivity contribution < 1.29 is 55.3 Å². The lowest BCUT2D eigenvalue weighted by molar-refractivity contribution is -0.0432. The van der Waals surface area contributed by atoms with Crippen LogP contribution in [0.1, 0.15) is 18.9 Å². The van der Waals surface area contributed by atoms with Gasteiger partial charge in [-0.3, -0.25) is 22.7 Å². The van der Waals surface area contributed by atoms with Gasteiger partial charge in [0.1, 0.15) is 44.2 Å². The van der Waals surface area contributed by atoms with Gasteiger partial charge in [0.2, 0.25) is 11.8 Å². The molecule has 24 heteroatoms. The van der Waals surface area contributed by atoms with Gasteiger partial charge in [0.05, 0.1) is 32.0 Å². The quantitative estimate of drug-likeness (QED) is 0.156. The molecule has 9 atom stereocenters. The number of hydrogen-bond acceptors (Lipinski definition) is 15. The summed E-state index contributed by atoms with van der Waals surface area (Å²) in [6.45, 7) is -9.80. The van der Waals surface area contributed by atoms with Gasteiger partial charge in [-0.15, -0.1) is 0 Å². The summed E-state index contributed by atoms with van der Waals surface area (Å²) in [7, 11) is 0. The van der Waals surface area contributed by atoms with Gasteiger partial charge in [0.25, 0.3) is 0 Å². The number of aromatic nitrogens is 8. The Morgan fingerprint density at radius 2 is 1.56 bits per heavy atom. The summed E-state index contributed by atoms with van der Waals surface area (Å²) in [5.41, 5.74) is 0.801. The predicted molar refractivity (Wildman–Crippen MR) is 165 cm³/mol. The fourth-order valence-corrected chi connectivity index (χ4v) is 7.44. The first-order chi connectivity index (χ1) is 23.0. The van der Waals surface area contributed by atoms with Crippen molar-refractivity contribution in [2.45, 2.75) is 49.5 Å². The number of thiol groups is 2. The maximum Gasteiger partial charge on any atom is 0.386 e. The van der Waals surface area contributed by atoms with Gasteiger partial charge >= 0.3 is 13.6 Å². The minimum Gasteiger partial charge on any atom is -0.472 e. The second-order valence-corrected chi connectivity index (χ2v) is 16.3. The molecule has 7 heterocycles. The third kappa shape index (κ3) is 6.96. The zero-order chi connectivity index (χ0) is 33.6. The Kier molecular flexibility index (Phi) is 9.48. The summed E-state index contributed by atoms with van der Waals surface area (Å²) < 4.78 is 98.1. The van der Waals surface area contributed by atoms with Crippen LogP contribution in [0.5, 0.6) is 11.8 Å². The average molecular weight is 751 g/mol. The van der Waals surface area contributed by atoms with E-state index in [2.05, 4.69) is 54.4 Å². The van der Waals surface area contributed by atoms with E-state index in [1.165, 1.54) is 34.4 Å². The highest BCUT2D eigenvalue weighted by atomic mass is 32.7. The average Bonchev–Trinajstić information content (AvgIpc) is 3.81. The largest absolute Gasteiger partial charge is 0.472 e. The Labute approximate surface area is 279 Å². The normalized spacial score (nSPS) is 33.3. The van der Waals surface area contributed by atoms with E-state index >= 15 is 8.78 Å². The Hall–Kier alpha value is -2.78. The molecule has 12 bridgehead atoms. The van der Waals surface area contributed by atoms with Crippen molar-refractivity contribution in [2.75, 3.05) is 26.4 Å². The molecule has 2 fully saturated rings. The van der Waals surface area contributed by atoms with Gasteiger partial charge in [-0.05, 0) is 12.2 Å². The first-order valence-corrected chi connectivity index (χ1v) is 19.6. The summed E-state index contributed by atoms with van der Waals surface area (Å²) in [5, 5.41) is 0. The number of halogens is 2. The fraction of sp³-hybridized carbons (Fsp3) is 0.500. The Morgan fingerprint density at radius 3 is 2.17 bits per heavy atom. The van der Waals surface area contributed by atoms with Crippen LogP contribution in [0.4, 0.5) is 8.78 Å². The molecule has 4 unspecified atom stereocenters. The van der Waals surface area contributed by atoms with E-state index in [-0.39, 0.29) is 53.7 Å². The Balaban J connectivity index is 1.20. The summed E-state index contributed by atoms with van der Waals surface area (Å²) in [5.74, 6) is 0.238. The fourth-order valence-electron chi connectivity index (χ4n) is 5.40. The maximum absolute atomic E-state index is 16.2. The molecule has 0 amide bonds. The number of nitrogens with zero attached hydrogens (tertiary/aromatic N) is 8. The van der Waals surface area contributed by atoms with Crippen molar-refractivity contribution >= 4 is 60.4 Å². The number of ether oxygens (including phenoxy) is 4. The van der Waals surface area contributed by atoms with Gasteiger partial charge in [-0.25, -0.2) is 37.8 Å². The molecule has 3 aliphatic rings. The Morgan fingerprint density at radius 1 is 0.958 bits per heavy atom. The zero-order valence-electron chi connectivity index (χ0n) is 24.3. The second kappa shape index (κ2) is 13.5. The van der Waals surface area contributed by atoms with Crippen LogP contribution in [-0.2, 0) is 32.2 Å². The van der Waals surface area contributed by atoms with Crippen LogP contribution in [0.25, 0.3) is 22.3 Å². The molecule has 7 rings (SSSR count). The van der Waals surface area contributed by atoms with Crippen molar-refractivity contribution in [2.24, 2.45) is 0 Å². The monoisotopic (exact) mass is 750 g/mol. The highest BCUT2D eigenvalue weighted by molar-refractivity contribution is 8.44. The molecular weight excluding hydrogens is 724 g/mol. The van der Waals surface area contributed by atoms with Crippen molar-refractivity contribution in [1.29, 1.82) is 0 Å². The van der Waals surface area contributed by atoms with Crippen molar-refractivity contribution in [3.63, 3.8) is 0 Å². The van der Waals surface area contributed by atoms with E-state index in [0.29, 0.717) is 0 Å². The minimum absolute atomic E-state index is 0.0391. The molecular formula is C24H26F2N8O10P2S2. The first kappa shape index (κ1) is 33.7. The van der Waals surface area contributed by atoms with E-state index in [1.54, 1.807) is 12.2 Å². The highest BCUT2D eigenvalue weighted by Gasteiger charge is 2.51. The third-order valence-corrected chi connectivity index (χ3v) is 9.93. The van der Waals surface area contributed by atoms with Crippen molar-refractivity contribution in [1.82, 2.24) is 39.0 Å². The number of hydrogen-bond donors (Lipinski definition) is 3. The van der Waals surface area contributed by atoms with E-state index in [9.17, 15) is 14.0 Å². The van der Waals surface area contributed by atoms with Gasteiger partial charge < -0.3 is 23.8 Å². The maximum atomic E-state index is 16.2. The molecule has 0 aromatic carbocycles. The van der Waals surface area contributed by atoms with E-state index in [4.69, 9.17) is 32.5 Å². The molecule has 0 saturated carbocycles. The summed E-state index contributed by atoms with van der Waals surface area (Å²) in [6, 6.07) is 0. The predicted octanol–water partition coefficient (Wildman–Crippen LogP) is 3.34. The molecule has 0 spiro atoms. The number of alkyl halides is 2. The lowest BCUT2D eigenvalue weighted by atomic mass is 10.1. The minimum atomic E-state index is -4.42. The molecule has 1 N–H and O–H groups in total. The third-order valence-electron chi connectivity index (χ3n) is 7.48. The van der Waals surface area contributed by atoms with Crippen LogP contribution < -0.4 is 9.47 Å². The van der Waals surface area contributed by atoms with Crippen LogP contribution in [-0.4, -0.2) is 101 Å². The number of imidazole rings is 2. The summed E-state index contributed by atoms with van der Waals surface area (Å²) in [6.07, 6.45) is -2.20. The summed E-state index contributed by atoms with van der Waals surface area (Å²) >= 11 is 7.48. The van der Waals surface area contributed by atoms with Gasteiger partial charge in [0.15, 0.2) is 41.0 Å². The van der Waals surface area contributed by atoms with Crippen LogP contribution in [0.15, 0.2) is 37.5 Å². The van der Waals surface area contributed by atoms with Crippen molar-refractivity contribution in [3.8, 4) is 11.8 Å². The van der Waals surface area contributed by atoms with E-state index in [0.717, 1.165) is 0 Å². The molecule has 0 radical (unpaired) electrons. The van der Waals surface area contributed by atoms with E-state index < -0.39 is 69.9 Å². The molecule has 2 saturated heterocycles. The van der Waals surface area contributed by atoms with Crippen LogP contribution >= 0.6 is 38.1 Å². The first-order valence-electron chi connectivity index (χ1n) is 14.2. The lowest BCUT2D eigenvalue weighted by Gasteiger charge is -2.24. The second-order valence-electron chi connectivity index (χ2n) is 10.6. The smallest absolute Gasteiger partial charge is 0.386 e. The molecule has 18 nitrogen and oxygen atoms in total. The van der Waals surface area contributed by atoms with Gasteiger partial charge in [-0.2, -0.15) is 9.97 Å². The molecule has 48 heavy (non-hydrogen) atoms. The van der Waals surface area contributed by atoms with Crippen LogP contribution in [0.2, 0.25) is 0 Å². The summed E-state index contributed by atoms with van der Waals surface area (Å²) in [4.78, 5) is 34.7. The lowest BCUT2D eigenvalue weighted by Crippen LogP contribution is -2.33. The molecule has 0 aliphatic carbocycles. The highest BCUT2D eigenvalue weighted by Crippen LogP contribution is 2.57. The standard InChI is InChI=1S/C24H26F2N8O10P2S2/c25-13-5-12-6-41-46(37,48)44-18-14(7-40-45(35,36)47)43-24(15(18)26)34-11-32-17-20(34)28-9-30-22(17)39-4-2-1-3-38-21-16-19(27-8-29-21)33(10-31-16)23(13)42-12/h1-2,8-15,18,23-24H,3-7H2,(H,37,48)(H2,35,36,47)/b2-1+/t12?,13-,14-,15-,18-,23?,24?,46-/m1/s1. The van der Waals surface area contributed by atoms with Crippen LogP contribution in [0, 0.1) is 0 Å². The van der Waals surface area contributed by atoms with Gasteiger partial charge in [-0.1, -0.05) is 24.5 Å². The molecule has 4 aromatic heterocycles. The van der Waals surface area contributed by atoms with E-state index in [1.807, 2.05) is 0 Å².